The first-order valence-electron chi connectivity index (χ1n) is 36.4. The number of phosphoric ester groups is 1. The van der Waals surface area contributed by atoms with Crippen LogP contribution >= 0.6 is 7.82 Å². The summed E-state index contributed by atoms with van der Waals surface area (Å²) in [6.45, 7) is 4.39. The highest BCUT2D eigenvalue weighted by atomic mass is 31.2. The highest BCUT2D eigenvalue weighted by Crippen LogP contribution is 2.43. The standard InChI is InChI=1S/C74H140NO8P/c1-6-8-10-12-14-16-18-20-22-24-26-27-28-29-30-31-32-33-34-35-36-37-38-39-40-41-42-43-44-45-46-47-49-51-53-55-57-59-61-63-65-67-74(77)83-72(71-82-84(78,79)81-69-68-75(3,4)5)70-80-73(76)66-64-62-60-58-56-54-52-50-48-25-23-21-19-17-15-13-11-9-7-2/h8,10,14,16,20,22,26-27,72H,6-7,9,11-13,15,17-19,21,23-25,28-71H2,1-5H3/p+1/b10-8-,16-14-,22-20-,27-26-. The van der Waals surface area contributed by atoms with E-state index in [0.717, 1.165) is 57.8 Å². The molecule has 2 unspecified atom stereocenters. The van der Waals surface area contributed by atoms with Gasteiger partial charge in [0.1, 0.15) is 19.8 Å². The molecule has 10 heteroatoms. The van der Waals surface area contributed by atoms with E-state index in [-0.39, 0.29) is 25.6 Å². The third-order valence-corrected chi connectivity index (χ3v) is 17.4. The first kappa shape index (κ1) is 82.0. The first-order chi connectivity index (χ1) is 41.0. The van der Waals surface area contributed by atoms with Gasteiger partial charge in [0.05, 0.1) is 27.7 Å². The average Bonchev–Trinajstić information content (AvgIpc) is 3.61. The molecular weight excluding hydrogens is 1060 g/mol. The summed E-state index contributed by atoms with van der Waals surface area (Å²) in [4.78, 5) is 35.8. The minimum Gasteiger partial charge on any atom is -0.462 e. The van der Waals surface area contributed by atoms with Gasteiger partial charge in [-0.15, -0.1) is 0 Å². The van der Waals surface area contributed by atoms with Gasteiger partial charge in [-0.3, -0.25) is 18.6 Å². The SMILES string of the molecule is CC/C=C\C/C=C\C/C=C\C/C=C\CCCCCCCCCCCCCCCCCCCCCCCCCCCCCCC(=O)OC(COC(=O)CCCCCCCCCCCCCCCCCCCCC)COP(=O)(O)OCC[N+](C)(C)C. The van der Waals surface area contributed by atoms with Gasteiger partial charge >= 0.3 is 19.8 Å². The molecule has 0 amide bonds. The summed E-state index contributed by atoms with van der Waals surface area (Å²) in [6, 6.07) is 0. The van der Waals surface area contributed by atoms with E-state index in [1.54, 1.807) is 0 Å². The molecule has 0 radical (unpaired) electrons. The maximum Gasteiger partial charge on any atom is 0.472 e. The Morgan fingerprint density at radius 3 is 1.01 bits per heavy atom. The Morgan fingerprint density at radius 1 is 0.381 bits per heavy atom. The largest absolute Gasteiger partial charge is 0.472 e. The van der Waals surface area contributed by atoms with Gasteiger partial charge in [0.25, 0.3) is 0 Å². The summed E-state index contributed by atoms with van der Waals surface area (Å²) in [5.74, 6) is -0.773. The quantitative estimate of drug-likeness (QED) is 0.0211. The number of carbonyl (C=O) groups excluding carboxylic acids is 2. The maximum absolute atomic E-state index is 12.9. The maximum atomic E-state index is 12.9. The molecule has 0 saturated carbocycles. The predicted octanol–water partition coefficient (Wildman–Crippen LogP) is 23.6. The van der Waals surface area contributed by atoms with E-state index in [4.69, 9.17) is 18.5 Å². The molecule has 0 fully saturated rings. The molecule has 0 bridgehead atoms. The Balaban J connectivity index is 3.87. The molecule has 0 heterocycles. The third kappa shape index (κ3) is 69.1. The molecule has 9 nitrogen and oxygen atoms in total. The fourth-order valence-corrected chi connectivity index (χ4v) is 11.6. The van der Waals surface area contributed by atoms with E-state index < -0.39 is 26.5 Å². The number of unbranched alkanes of at least 4 members (excludes halogenated alkanes) is 46. The van der Waals surface area contributed by atoms with Gasteiger partial charge in [-0.05, 0) is 51.4 Å². The van der Waals surface area contributed by atoms with Gasteiger partial charge in [0, 0.05) is 12.8 Å². The number of hydrogen-bond acceptors (Lipinski definition) is 7. The van der Waals surface area contributed by atoms with Gasteiger partial charge in [-0.1, -0.05) is 345 Å². The van der Waals surface area contributed by atoms with Crippen LogP contribution < -0.4 is 0 Å². The number of carbonyl (C=O) groups is 2. The van der Waals surface area contributed by atoms with E-state index in [9.17, 15) is 19.0 Å². The Morgan fingerprint density at radius 2 is 0.679 bits per heavy atom. The van der Waals surface area contributed by atoms with Gasteiger partial charge in [0.15, 0.2) is 6.10 Å². The molecule has 0 aliphatic heterocycles. The molecule has 0 spiro atoms. The van der Waals surface area contributed by atoms with Crippen molar-refractivity contribution in [3.8, 4) is 0 Å². The predicted molar refractivity (Wildman–Crippen MR) is 363 cm³/mol. The lowest BCUT2D eigenvalue weighted by molar-refractivity contribution is -0.870. The zero-order chi connectivity index (χ0) is 61.2. The van der Waals surface area contributed by atoms with Crippen molar-refractivity contribution in [2.24, 2.45) is 0 Å². The topological polar surface area (TPSA) is 108 Å². The van der Waals surface area contributed by atoms with Crippen molar-refractivity contribution in [1.29, 1.82) is 0 Å². The monoisotopic (exact) mass is 1200 g/mol. The second-order valence-electron chi connectivity index (χ2n) is 26.0. The third-order valence-electron chi connectivity index (χ3n) is 16.4. The van der Waals surface area contributed by atoms with Crippen molar-refractivity contribution in [2.45, 2.75) is 367 Å². The number of nitrogens with zero attached hydrogens (tertiary/aromatic N) is 1. The fraction of sp³-hybridized carbons (Fsp3) is 0.865. The van der Waals surface area contributed by atoms with Crippen LogP contribution in [0.2, 0.25) is 0 Å². The zero-order valence-corrected chi connectivity index (χ0v) is 57.3. The second kappa shape index (κ2) is 65.4. The van der Waals surface area contributed by atoms with Crippen LogP contribution in [0, 0.1) is 0 Å². The van der Waals surface area contributed by atoms with E-state index >= 15 is 0 Å². The van der Waals surface area contributed by atoms with Crippen LogP contribution in [0.3, 0.4) is 0 Å². The van der Waals surface area contributed by atoms with Crippen molar-refractivity contribution >= 4 is 19.8 Å². The van der Waals surface area contributed by atoms with Gasteiger partial charge in [-0.2, -0.15) is 0 Å². The molecule has 494 valence electrons. The van der Waals surface area contributed by atoms with Gasteiger partial charge in [-0.25, -0.2) is 4.57 Å². The molecule has 1 N–H and O–H groups in total. The van der Waals surface area contributed by atoms with Crippen LogP contribution in [-0.2, 0) is 32.7 Å². The summed E-state index contributed by atoms with van der Waals surface area (Å²) < 4.78 is 34.7. The molecule has 0 aliphatic rings. The first-order valence-corrected chi connectivity index (χ1v) is 37.9. The molecular formula is C74H141NO8P+. The zero-order valence-electron chi connectivity index (χ0n) is 56.4. The highest BCUT2D eigenvalue weighted by molar-refractivity contribution is 7.47. The summed E-state index contributed by atoms with van der Waals surface area (Å²) in [5, 5.41) is 0. The lowest BCUT2D eigenvalue weighted by Gasteiger charge is -2.24. The number of rotatable bonds is 68. The Labute approximate surface area is 522 Å². The van der Waals surface area contributed by atoms with Crippen LogP contribution in [0.4, 0.5) is 0 Å². The van der Waals surface area contributed by atoms with Crippen LogP contribution in [0.25, 0.3) is 0 Å². The van der Waals surface area contributed by atoms with Crippen molar-refractivity contribution < 1.29 is 42.1 Å². The molecule has 0 aromatic heterocycles. The summed E-state index contributed by atoms with van der Waals surface area (Å²) in [5.41, 5.74) is 0. The van der Waals surface area contributed by atoms with Crippen LogP contribution in [0.5, 0.6) is 0 Å². The number of ether oxygens (including phenoxy) is 2. The fourth-order valence-electron chi connectivity index (χ4n) is 10.8. The summed E-state index contributed by atoms with van der Waals surface area (Å²) in [6.07, 6.45) is 85.3. The van der Waals surface area contributed by atoms with E-state index in [1.807, 2.05) is 21.1 Å². The van der Waals surface area contributed by atoms with Crippen molar-refractivity contribution in [3.63, 3.8) is 0 Å². The second-order valence-corrected chi connectivity index (χ2v) is 27.4. The van der Waals surface area contributed by atoms with E-state index in [0.29, 0.717) is 23.9 Å². The van der Waals surface area contributed by atoms with E-state index in [2.05, 4.69) is 62.5 Å². The smallest absolute Gasteiger partial charge is 0.462 e. The highest BCUT2D eigenvalue weighted by Gasteiger charge is 2.27. The molecule has 0 aliphatic carbocycles. The van der Waals surface area contributed by atoms with Crippen LogP contribution in [0.1, 0.15) is 361 Å². The van der Waals surface area contributed by atoms with Crippen LogP contribution in [-0.4, -0.2) is 74.9 Å². The number of hydrogen-bond donors (Lipinski definition) is 1. The minimum absolute atomic E-state index is 0.0356. The number of likely N-dealkylation sites (N-methyl/N-ethyl adjacent to an activating group) is 1. The molecule has 0 saturated heterocycles. The number of esters is 2. The molecule has 0 aromatic rings. The molecule has 0 rings (SSSR count). The molecule has 84 heavy (non-hydrogen) atoms. The number of phosphoric acid groups is 1. The summed E-state index contributed by atoms with van der Waals surface area (Å²) in [7, 11) is 1.50. The van der Waals surface area contributed by atoms with Gasteiger partial charge < -0.3 is 18.9 Å². The normalized spacial score (nSPS) is 13.4. The summed E-state index contributed by atoms with van der Waals surface area (Å²) >= 11 is 0. The van der Waals surface area contributed by atoms with E-state index in [1.165, 1.54) is 270 Å². The lowest BCUT2D eigenvalue weighted by atomic mass is 10.0. The van der Waals surface area contributed by atoms with Crippen molar-refractivity contribution in [2.75, 3.05) is 47.5 Å². The van der Waals surface area contributed by atoms with Crippen molar-refractivity contribution in [1.82, 2.24) is 0 Å². The number of allylic oxidation sites excluding steroid dienone is 8. The average molecular weight is 1200 g/mol. The number of quaternary nitrogens is 1. The molecule has 0 aromatic carbocycles. The Hall–Kier alpha value is -2.03. The van der Waals surface area contributed by atoms with Crippen LogP contribution in [0.15, 0.2) is 48.6 Å². The Kier molecular flexibility index (Phi) is 63.8. The van der Waals surface area contributed by atoms with Crippen molar-refractivity contribution in [3.05, 3.63) is 48.6 Å². The lowest BCUT2D eigenvalue weighted by Crippen LogP contribution is -2.37. The minimum atomic E-state index is -4.39. The van der Waals surface area contributed by atoms with Gasteiger partial charge in [0.2, 0.25) is 0 Å². The molecule has 2 atom stereocenters. The Bertz CT molecular complexity index is 1560.